The summed E-state index contributed by atoms with van der Waals surface area (Å²) in [4.78, 5) is 4.34. The van der Waals surface area contributed by atoms with E-state index in [2.05, 4.69) is 20.5 Å². The van der Waals surface area contributed by atoms with Crippen molar-refractivity contribution in [2.24, 2.45) is 0 Å². The second-order valence-corrected chi connectivity index (χ2v) is 5.73. The van der Waals surface area contributed by atoms with E-state index in [0.29, 0.717) is 28.9 Å². The van der Waals surface area contributed by atoms with Crippen LogP contribution in [0.15, 0.2) is 18.2 Å². The summed E-state index contributed by atoms with van der Waals surface area (Å²) in [5.41, 5.74) is -0.303. The maximum Gasteiger partial charge on any atom is 0.416 e. The van der Waals surface area contributed by atoms with Crippen molar-refractivity contribution in [3.05, 3.63) is 46.0 Å². The predicted molar refractivity (Wildman–Crippen MR) is 75.4 cm³/mol. The van der Waals surface area contributed by atoms with Gasteiger partial charge in [0.15, 0.2) is 5.82 Å². The summed E-state index contributed by atoms with van der Waals surface area (Å²) in [5.74, 6) is 1.95. The summed E-state index contributed by atoms with van der Waals surface area (Å²) in [6.07, 6.45) is -2.14. The lowest BCUT2D eigenvalue weighted by Gasteiger charge is -2.10. The van der Waals surface area contributed by atoms with E-state index in [-0.39, 0.29) is 6.54 Å². The largest absolute Gasteiger partial charge is 0.416 e. The van der Waals surface area contributed by atoms with Crippen LogP contribution in [0, 0.1) is 0 Å². The zero-order chi connectivity index (χ0) is 15.7. The highest BCUT2D eigenvalue weighted by Crippen LogP contribution is 2.37. The minimum Gasteiger partial charge on any atom is -0.306 e. The van der Waals surface area contributed by atoms with Gasteiger partial charge in [0.2, 0.25) is 0 Å². The molecule has 4 nitrogen and oxygen atoms in total. The van der Waals surface area contributed by atoms with E-state index in [1.165, 1.54) is 6.07 Å². The van der Waals surface area contributed by atoms with E-state index in [1.807, 2.05) is 0 Å². The topological polar surface area (TPSA) is 53.6 Å². The number of rotatable bonds is 5. The summed E-state index contributed by atoms with van der Waals surface area (Å²) in [7, 11) is 0. The number of nitrogens with zero attached hydrogens (tertiary/aromatic N) is 2. The van der Waals surface area contributed by atoms with Crippen LogP contribution in [0.25, 0.3) is 0 Å². The van der Waals surface area contributed by atoms with Crippen LogP contribution in [0.4, 0.5) is 13.2 Å². The maximum absolute atomic E-state index is 12.7. The minimum absolute atomic E-state index is 0.224. The van der Waals surface area contributed by atoms with Crippen LogP contribution in [-0.2, 0) is 19.3 Å². The number of halogens is 4. The van der Waals surface area contributed by atoms with Gasteiger partial charge in [-0.3, -0.25) is 5.10 Å². The monoisotopic (exact) mass is 330 g/mol. The molecule has 0 bridgehead atoms. The fourth-order valence-corrected chi connectivity index (χ4v) is 2.30. The lowest BCUT2D eigenvalue weighted by Crippen LogP contribution is -2.15. The first kappa shape index (κ1) is 15.3. The standard InChI is InChI=1S/C14H14ClF3N4/c15-11-4-3-10(14(16,17)18)5-9(11)6-19-7-12-20-13(22-21-12)8-1-2-8/h3-5,8,19H,1-2,6-7H2,(H,20,21,22). The molecule has 0 atom stereocenters. The normalized spacial score (nSPS) is 15.3. The molecule has 1 aliphatic rings. The maximum atomic E-state index is 12.7. The molecule has 0 amide bonds. The van der Waals surface area contributed by atoms with Crippen LogP contribution in [0.2, 0.25) is 5.02 Å². The van der Waals surface area contributed by atoms with Crippen LogP contribution in [0.3, 0.4) is 0 Å². The van der Waals surface area contributed by atoms with Gasteiger partial charge in [0, 0.05) is 17.5 Å². The van der Waals surface area contributed by atoms with Crippen LogP contribution < -0.4 is 5.32 Å². The lowest BCUT2D eigenvalue weighted by atomic mass is 10.1. The highest BCUT2D eigenvalue weighted by molar-refractivity contribution is 6.31. The number of nitrogens with one attached hydrogen (secondary N) is 2. The van der Waals surface area contributed by atoms with Crippen molar-refractivity contribution in [3.63, 3.8) is 0 Å². The molecule has 2 aromatic rings. The van der Waals surface area contributed by atoms with Crippen molar-refractivity contribution in [1.29, 1.82) is 0 Å². The second-order valence-electron chi connectivity index (χ2n) is 5.32. The molecule has 1 heterocycles. The van der Waals surface area contributed by atoms with Crippen LogP contribution in [0.5, 0.6) is 0 Å². The molecule has 0 radical (unpaired) electrons. The first-order chi connectivity index (χ1) is 10.4. The first-order valence-corrected chi connectivity index (χ1v) is 7.29. The van der Waals surface area contributed by atoms with Gasteiger partial charge in [-0.05, 0) is 36.6 Å². The Hall–Kier alpha value is -1.60. The number of H-pyrrole nitrogens is 1. The molecule has 1 fully saturated rings. The number of aromatic amines is 1. The number of alkyl halides is 3. The first-order valence-electron chi connectivity index (χ1n) is 6.91. The number of benzene rings is 1. The van der Waals surface area contributed by atoms with Crippen LogP contribution >= 0.6 is 11.6 Å². The van der Waals surface area contributed by atoms with Crippen LogP contribution in [-0.4, -0.2) is 15.2 Å². The molecule has 8 heteroatoms. The zero-order valence-corrected chi connectivity index (χ0v) is 12.3. The van der Waals surface area contributed by atoms with Gasteiger partial charge in [0.05, 0.1) is 12.1 Å². The predicted octanol–water partition coefficient (Wildman–Crippen LogP) is 3.64. The van der Waals surface area contributed by atoms with Gasteiger partial charge in [-0.15, -0.1) is 0 Å². The van der Waals surface area contributed by atoms with Crippen molar-refractivity contribution in [1.82, 2.24) is 20.5 Å². The van der Waals surface area contributed by atoms with Gasteiger partial charge >= 0.3 is 6.18 Å². The average Bonchev–Trinajstić information content (AvgIpc) is 3.20. The number of hydrogen-bond donors (Lipinski definition) is 2. The molecule has 118 valence electrons. The van der Waals surface area contributed by atoms with E-state index in [1.54, 1.807) is 0 Å². The van der Waals surface area contributed by atoms with Gasteiger partial charge in [-0.1, -0.05) is 11.6 Å². The Morgan fingerprint density at radius 1 is 1.27 bits per heavy atom. The minimum atomic E-state index is -4.37. The molecule has 0 aliphatic heterocycles. The third-order valence-corrected chi connectivity index (χ3v) is 3.84. The summed E-state index contributed by atoms with van der Waals surface area (Å²) < 4.78 is 38.1. The SMILES string of the molecule is FC(F)(F)c1ccc(Cl)c(CNCc2nc(C3CC3)n[nH]2)c1. The van der Waals surface area contributed by atoms with Gasteiger partial charge < -0.3 is 5.32 Å². The molecule has 1 aliphatic carbocycles. The van der Waals surface area contributed by atoms with Crippen LogP contribution in [0.1, 0.15) is 41.5 Å². The third kappa shape index (κ3) is 3.59. The van der Waals surface area contributed by atoms with Crippen molar-refractivity contribution in [2.45, 2.75) is 38.0 Å². The Labute approximate surface area is 130 Å². The molecular weight excluding hydrogens is 317 g/mol. The second kappa shape index (κ2) is 5.89. The molecule has 3 rings (SSSR count). The molecule has 1 aromatic heterocycles. The lowest BCUT2D eigenvalue weighted by molar-refractivity contribution is -0.137. The Balaban J connectivity index is 1.60. The van der Waals surface area contributed by atoms with E-state index in [4.69, 9.17) is 11.6 Å². The third-order valence-electron chi connectivity index (χ3n) is 3.47. The Kier molecular flexibility index (Phi) is 4.10. The Morgan fingerprint density at radius 2 is 2.05 bits per heavy atom. The van der Waals surface area contributed by atoms with Crippen molar-refractivity contribution >= 4 is 11.6 Å². The molecule has 0 saturated heterocycles. The summed E-state index contributed by atoms with van der Waals surface area (Å²) >= 11 is 5.94. The van der Waals surface area contributed by atoms with E-state index >= 15 is 0 Å². The van der Waals surface area contributed by atoms with E-state index in [0.717, 1.165) is 30.8 Å². The Morgan fingerprint density at radius 3 is 2.73 bits per heavy atom. The molecule has 22 heavy (non-hydrogen) atoms. The molecule has 1 saturated carbocycles. The smallest absolute Gasteiger partial charge is 0.306 e. The number of hydrogen-bond acceptors (Lipinski definition) is 3. The molecule has 2 N–H and O–H groups in total. The highest BCUT2D eigenvalue weighted by atomic mass is 35.5. The van der Waals surface area contributed by atoms with Gasteiger partial charge in [-0.25, -0.2) is 4.98 Å². The zero-order valence-electron chi connectivity index (χ0n) is 11.5. The highest BCUT2D eigenvalue weighted by Gasteiger charge is 2.31. The number of aromatic nitrogens is 3. The summed E-state index contributed by atoms with van der Waals surface area (Å²) in [5, 5.41) is 10.3. The average molecular weight is 331 g/mol. The molecule has 0 spiro atoms. The molecular formula is C14H14ClF3N4. The van der Waals surface area contributed by atoms with Gasteiger partial charge in [0.1, 0.15) is 5.82 Å². The molecule has 0 unspecified atom stereocenters. The van der Waals surface area contributed by atoms with E-state index in [9.17, 15) is 13.2 Å². The van der Waals surface area contributed by atoms with Gasteiger partial charge in [0.25, 0.3) is 0 Å². The molecule has 1 aromatic carbocycles. The summed E-state index contributed by atoms with van der Waals surface area (Å²) in [6.45, 7) is 0.620. The summed E-state index contributed by atoms with van der Waals surface area (Å²) in [6, 6.07) is 3.30. The van der Waals surface area contributed by atoms with Crippen molar-refractivity contribution in [2.75, 3.05) is 0 Å². The van der Waals surface area contributed by atoms with Crippen molar-refractivity contribution < 1.29 is 13.2 Å². The van der Waals surface area contributed by atoms with Crippen molar-refractivity contribution in [3.8, 4) is 0 Å². The quantitative estimate of drug-likeness (QED) is 0.880. The fourth-order valence-electron chi connectivity index (χ4n) is 2.12. The Bertz CT molecular complexity index is 664. The van der Waals surface area contributed by atoms with E-state index < -0.39 is 11.7 Å². The fraction of sp³-hybridized carbons (Fsp3) is 0.429. The van der Waals surface area contributed by atoms with Gasteiger partial charge in [-0.2, -0.15) is 18.3 Å².